The van der Waals surface area contributed by atoms with Gasteiger partial charge in [-0.2, -0.15) is 0 Å². The number of fused-ring (bicyclic) bond motifs is 1. The number of benzene rings is 2. The van der Waals surface area contributed by atoms with Gasteiger partial charge in [0, 0.05) is 18.7 Å². The molecular weight excluding hydrogens is 307 g/mol. The lowest BCUT2D eigenvalue weighted by atomic mass is 10.1. The average Bonchev–Trinajstić information content (AvgIpc) is 2.73. The Morgan fingerprint density at radius 2 is 1.92 bits per heavy atom. The molecule has 1 heterocycles. The van der Waals surface area contributed by atoms with Crippen LogP contribution in [0.15, 0.2) is 48.5 Å². The number of hydrogen-bond acceptors (Lipinski definition) is 3. The van der Waals surface area contributed by atoms with Crippen LogP contribution in [-0.2, 0) is 6.54 Å². The summed E-state index contributed by atoms with van der Waals surface area (Å²) in [6.45, 7) is 1.50. The number of likely N-dealkylation sites (N-methyl/N-ethyl adjacent to an activating group) is 1. The van der Waals surface area contributed by atoms with Crippen molar-refractivity contribution < 1.29 is 13.9 Å². The number of para-hydroxylation sites is 1. The van der Waals surface area contributed by atoms with Gasteiger partial charge in [0.25, 0.3) is 5.91 Å². The summed E-state index contributed by atoms with van der Waals surface area (Å²) in [5.74, 6) is -0.0181. The van der Waals surface area contributed by atoms with Gasteiger partial charge in [-0.3, -0.25) is 4.79 Å². The minimum atomic E-state index is -0.495. The first-order valence-electron chi connectivity index (χ1n) is 7.97. The maximum Gasteiger partial charge on any atom is 0.257 e. The fraction of sp³-hybridized carbons (Fsp3) is 0.316. The van der Waals surface area contributed by atoms with Crippen molar-refractivity contribution in [2.75, 3.05) is 27.2 Å². The zero-order valence-electron chi connectivity index (χ0n) is 13.9. The molecule has 1 aliphatic rings. The van der Waals surface area contributed by atoms with Crippen LogP contribution in [0.25, 0.3) is 0 Å². The Morgan fingerprint density at radius 1 is 1.21 bits per heavy atom. The molecule has 2 aromatic carbocycles. The Kier molecular flexibility index (Phi) is 4.81. The fourth-order valence-electron chi connectivity index (χ4n) is 2.94. The molecule has 2 aromatic rings. The average molecular weight is 328 g/mol. The van der Waals surface area contributed by atoms with Gasteiger partial charge in [0.15, 0.2) is 0 Å². The minimum Gasteiger partial charge on any atom is -0.487 e. The van der Waals surface area contributed by atoms with E-state index in [0.29, 0.717) is 19.6 Å². The molecule has 1 unspecified atom stereocenters. The standard InChI is InChI=1S/C19H21FN2O2/c1-21(2)12-15-13-22(11-14-7-3-6-10-18(14)24-15)19(23)16-8-4-5-9-17(16)20/h3-10,15H,11-13H2,1-2H3. The summed E-state index contributed by atoms with van der Waals surface area (Å²) in [5, 5.41) is 0. The molecule has 0 aliphatic carbocycles. The van der Waals surface area contributed by atoms with Crippen molar-refractivity contribution in [2.45, 2.75) is 12.6 Å². The lowest BCUT2D eigenvalue weighted by molar-refractivity contribution is 0.0645. The molecule has 24 heavy (non-hydrogen) atoms. The van der Waals surface area contributed by atoms with Crippen molar-refractivity contribution in [2.24, 2.45) is 0 Å². The Morgan fingerprint density at radius 3 is 2.67 bits per heavy atom. The maximum absolute atomic E-state index is 14.0. The Labute approximate surface area is 141 Å². The van der Waals surface area contributed by atoms with Gasteiger partial charge < -0.3 is 14.5 Å². The molecule has 1 amide bonds. The van der Waals surface area contributed by atoms with E-state index in [1.54, 1.807) is 17.0 Å². The molecule has 4 nitrogen and oxygen atoms in total. The van der Waals surface area contributed by atoms with E-state index in [1.165, 1.54) is 12.1 Å². The van der Waals surface area contributed by atoms with E-state index >= 15 is 0 Å². The molecule has 0 aromatic heterocycles. The van der Waals surface area contributed by atoms with Crippen molar-refractivity contribution in [3.05, 3.63) is 65.5 Å². The zero-order chi connectivity index (χ0) is 17.1. The van der Waals surface area contributed by atoms with E-state index < -0.39 is 5.82 Å². The summed E-state index contributed by atoms with van der Waals surface area (Å²) in [6.07, 6.45) is -0.167. The highest BCUT2D eigenvalue weighted by molar-refractivity contribution is 5.94. The first-order chi connectivity index (χ1) is 11.5. The van der Waals surface area contributed by atoms with Gasteiger partial charge in [-0.15, -0.1) is 0 Å². The highest BCUT2D eigenvalue weighted by Crippen LogP contribution is 2.26. The SMILES string of the molecule is CN(C)CC1CN(C(=O)c2ccccc2F)Cc2ccccc2O1. The highest BCUT2D eigenvalue weighted by atomic mass is 19.1. The van der Waals surface area contributed by atoms with E-state index in [0.717, 1.165) is 11.3 Å². The van der Waals surface area contributed by atoms with Gasteiger partial charge in [-0.05, 0) is 32.3 Å². The molecule has 0 N–H and O–H groups in total. The van der Waals surface area contributed by atoms with Crippen LogP contribution in [0.4, 0.5) is 4.39 Å². The number of nitrogens with zero attached hydrogens (tertiary/aromatic N) is 2. The van der Waals surface area contributed by atoms with Crippen LogP contribution in [0.2, 0.25) is 0 Å². The third-order valence-electron chi connectivity index (χ3n) is 4.01. The minimum absolute atomic E-state index is 0.0977. The lowest BCUT2D eigenvalue weighted by Gasteiger charge is -2.26. The van der Waals surface area contributed by atoms with E-state index in [-0.39, 0.29) is 17.6 Å². The number of carbonyl (C=O) groups excluding carboxylic acids is 1. The van der Waals surface area contributed by atoms with E-state index in [4.69, 9.17) is 4.74 Å². The molecule has 0 fully saturated rings. The first-order valence-corrected chi connectivity index (χ1v) is 7.97. The van der Waals surface area contributed by atoms with Gasteiger partial charge in [-0.1, -0.05) is 30.3 Å². The highest BCUT2D eigenvalue weighted by Gasteiger charge is 2.28. The summed E-state index contributed by atoms with van der Waals surface area (Å²) in [4.78, 5) is 16.5. The molecule has 0 saturated heterocycles. The first kappa shape index (κ1) is 16.5. The molecule has 5 heteroatoms. The zero-order valence-corrected chi connectivity index (χ0v) is 13.9. The van der Waals surface area contributed by atoms with Crippen molar-refractivity contribution in [3.8, 4) is 5.75 Å². The van der Waals surface area contributed by atoms with E-state index in [1.807, 2.05) is 43.3 Å². The van der Waals surface area contributed by atoms with Crippen LogP contribution >= 0.6 is 0 Å². The molecule has 0 bridgehead atoms. The van der Waals surface area contributed by atoms with Crippen molar-refractivity contribution in [1.82, 2.24) is 9.80 Å². The number of halogens is 1. The molecule has 0 spiro atoms. The van der Waals surface area contributed by atoms with Crippen molar-refractivity contribution in [1.29, 1.82) is 0 Å². The van der Waals surface area contributed by atoms with Gasteiger partial charge in [-0.25, -0.2) is 4.39 Å². The largest absolute Gasteiger partial charge is 0.487 e. The second kappa shape index (κ2) is 7.01. The summed E-state index contributed by atoms with van der Waals surface area (Å²) in [6, 6.07) is 13.8. The Hall–Kier alpha value is -2.40. The quantitative estimate of drug-likeness (QED) is 0.868. The van der Waals surface area contributed by atoms with E-state index in [9.17, 15) is 9.18 Å². The van der Waals surface area contributed by atoms with Crippen molar-refractivity contribution >= 4 is 5.91 Å². The summed E-state index contributed by atoms with van der Waals surface area (Å²) < 4.78 is 20.1. The fourth-order valence-corrected chi connectivity index (χ4v) is 2.94. The van der Waals surface area contributed by atoms with Crippen molar-refractivity contribution in [3.63, 3.8) is 0 Å². The summed E-state index contributed by atoms with van der Waals surface area (Å²) >= 11 is 0. The van der Waals surface area contributed by atoms with Crippen LogP contribution in [-0.4, -0.2) is 49.0 Å². The van der Waals surface area contributed by atoms with Crippen LogP contribution in [0.5, 0.6) is 5.75 Å². The molecule has 126 valence electrons. The maximum atomic E-state index is 14.0. The van der Waals surface area contributed by atoms with Crippen LogP contribution < -0.4 is 4.74 Å². The topological polar surface area (TPSA) is 32.8 Å². The van der Waals surface area contributed by atoms with E-state index in [2.05, 4.69) is 0 Å². The molecule has 3 rings (SSSR count). The molecular formula is C19H21FN2O2. The third kappa shape index (κ3) is 3.57. The smallest absolute Gasteiger partial charge is 0.257 e. The number of ether oxygens (including phenoxy) is 1. The second-order valence-corrected chi connectivity index (χ2v) is 6.28. The van der Waals surface area contributed by atoms with Gasteiger partial charge in [0.2, 0.25) is 0 Å². The number of rotatable bonds is 3. The molecule has 1 aliphatic heterocycles. The predicted molar refractivity (Wildman–Crippen MR) is 90.6 cm³/mol. The van der Waals surface area contributed by atoms with Gasteiger partial charge in [0.05, 0.1) is 12.1 Å². The lowest BCUT2D eigenvalue weighted by Crippen LogP contribution is -2.42. The predicted octanol–water partition coefficient (Wildman–Crippen LogP) is 2.79. The normalized spacial score (nSPS) is 17.2. The second-order valence-electron chi connectivity index (χ2n) is 6.28. The molecule has 0 saturated carbocycles. The molecule has 1 atom stereocenters. The molecule has 0 radical (unpaired) electrons. The van der Waals surface area contributed by atoms with Crippen LogP contribution in [0, 0.1) is 5.82 Å². The van der Waals surface area contributed by atoms with Crippen LogP contribution in [0.3, 0.4) is 0 Å². The third-order valence-corrected chi connectivity index (χ3v) is 4.01. The van der Waals surface area contributed by atoms with Gasteiger partial charge in [0.1, 0.15) is 17.7 Å². The summed E-state index contributed by atoms with van der Waals surface area (Å²) in [5.41, 5.74) is 1.03. The van der Waals surface area contributed by atoms with Gasteiger partial charge >= 0.3 is 0 Å². The Balaban J connectivity index is 1.92. The monoisotopic (exact) mass is 328 g/mol. The number of carbonyl (C=O) groups is 1. The Bertz CT molecular complexity index is 733. The van der Waals surface area contributed by atoms with Crippen LogP contribution in [0.1, 0.15) is 15.9 Å². The summed E-state index contributed by atoms with van der Waals surface area (Å²) in [7, 11) is 3.92. The number of amides is 1. The number of hydrogen-bond donors (Lipinski definition) is 0.